The van der Waals surface area contributed by atoms with E-state index in [-0.39, 0.29) is 11.4 Å². The summed E-state index contributed by atoms with van der Waals surface area (Å²) in [5.41, 5.74) is 3.49. The van der Waals surface area contributed by atoms with Crippen LogP contribution in [0.5, 0.6) is 0 Å². The minimum Gasteiger partial charge on any atom is -0.395 e. The molecule has 1 rings (SSSR count). The van der Waals surface area contributed by atoms with Gasteiger partial charge in [0.05, 0.1) is 11.4 Å². The number of thioether (sulfide) groups is 1. The van der Waals surface area contributed by atoms with E-state index in [0.29, 0.717) is 6.08 Å². The van der Waals surface area contributed by atoms with Gasteiger partial charge in [-0.15, -0.1) is 11.8 Å². The van der Waals surface area contributed by atoms with Crippen molar-refractivity contribution in [2.75, 3.05) is 5.75 Å². The molecule has 3 N–H and O–H groups in total. The van der Waals surface area contributed by atoms with Crippen LogP contribution in [0.4, 0.5) is 13.2 Å². The number of nitrogens with one attached hydrogen (secondary N) is 1. The summed E-state index contributed by atoms with van der Waals surface area (Å²) in [5.74, 6) is 0.948. The zero-order valence-corrected chi connectivity index (χ0v) is 14.6. The second-order valence-corrected chi connectivity index (χ2v) is 6.67. The minimum absolute atomic E-state index is 0.190. The van der Waals surface area contributed by atoms with Gasteiger partial charge >= 0.3 is 6.18 Å². The van der Waals surface area contributed by atoms with E-state index < -0.39 is 11.9 Å². The molecule has 0 saturated heterocycles. The third-order valence-electron chi connectivity index (χ3n) is 3.40. The highest BCUT2D eigenvalue weighted by molar-refractivity contribution is 7.99. The molecule has 0 fully saturated rings. The number of aromatic nitrogens is 1. The quantitative estimate of drug-likeness (QED) is 0.338. The molecular formula is C17H24F3N3S. The molecule has 0 bridgehead atoms. The van der Waals surface area contributed by atoms with Gasteiger partial charge in [-0.3, -0.25) is 10.4 Å². The van der Waals surface area contributed by atoms with Crippen molar-refractivity contribution in [3.63, 3.8) is 0 Å². The summed E-state index contributed by atoms with van der Waals surface area (Å²) >= 11 is 1.63. The zero-order chi connectivity index (χ0) is 18.0. The van der Waals surface area contributed by atoms with Crippen LogP contribution < -0.4 is 5.73 Å². The predicted molar refractivity (Wildman–Crippen MR) is 93.5 cm³/mol. The van der Waals surface area contributed by atoms with E-state index >= 15 is 0 Å². The van der Waals surface area contributed by atoms with Gasteiger partial charge in [-0.05, 0) is 30.4 Å². The lowest BCUT2D eigenvalue weighted by molar-refractivity contribution is -0.0925. The first-order valence-electron chi connectivity index (χ1n) is 8.06. The number of hydrogen-bond donors (Lipinski definition) is 2. The lowest BCUT2D eigenvalue weighted by atomic mass is 10.1. The summed E-state index contributed by atoms with van der Waals surface area (Å²) in [7, 11) is 0. The molecule has 134 valence electrons. The first-order valence-corrected chi connectivity index (χ1v) is 9.05. The Bertz CT molecular complexity index is 556. The molecule has 1 aromatic heterocycles. The van der Waals surface area contributed by atoms with Crippen LogP contribution in [0, 0.1) is 5.41 Å². The lowest BCUT2D eigenvalue weighted by Gasteiger charge is -2.07. The van der Waals surface area contributed by atoms with Gasteiger partial charge in [-0.2, -0.15) is 13.2 Å². The zero-order valence-electron chi connectivity index (χ0n) is 13.8. The van der Waals surface area contributed by atoms with Gasteiger partial charge in [0.15, 0.2) is 0 Å². The molecule has 0 atom stereocenters. The van der Waals surface area contributed by atoms with Crippen molar-refractivity contribution in [1.82, 2.24) is 4.98 Å². The Kier molecular flexibility index (Phi) is 8.89. The Hall–Kier alpha value is -1.50. The molecule has 0 aliphatic rings. The molecule has 0 spiro atoms. The van der Waals surface area contributed by atoms with Crippen LogP contribution in [0.3, 0.4) is 0 Å². The summed E-state index contributed by atoms with van der Waals surface area (Å²) in [5, 5.41) is 7.72. The number of alkyl halides is 3. The molecular weight excluding hydrogens is 335 g/mol. The second kappa shape index (κ2) is 10.4. The van der Waals surface area contributed by atoms with E-state index in [4.69, 9.17) is 11.1 Å². The van der Waals surface area contributed by atoms with Gasteiger partial charge in [-0.1, -0.05) is 39.0 Å². The number of halogens is 3. The molecule has 24 heavy (non-hydrogen) atoms. The SMILES string of the molecule is CCCCCCCCSc1ccnc(C(=N)C=C(N)C(F)(F)F)c1. The Balaban J connectivity index is 2.50. The number of rotatable bonds is 10. The largest absolute Gasteiger partial charge is 0.430 e. The van der Waals surface area contributed by atoms with Crippen LogP contribution in [0.1, 0.15) is 51.1 Å². The van der Waals surface area contributed by atoms with Crippen molar-refractivity contribution < 1.29 is 13.2 Å². The van der Waals surface area contributed by atoms with Crippen molar-refractivity contribution in [2.45, 2.75) is 56.5 Å². The maximum atomic E-state index is 12.4. The highest BCUT2D eigenvalue weighted by Crippen LogP contribution is 2.23. The molecule has 1 aromatic rings. The number of pyridine rings is 1. The fourth-order valence-electron chi connectivity index (χ4n) is 2.03. The van der Waals surface area contributed by atoms with E-state index in [0.717, 1.165) is 17.1 Å². The van der Waals surface area contributed by atoms with Gasteiger partial charge < -0.3 is 5.73 Å². The van der Waals surface area contributed by atoms with Gasteiger partial charge in [0.2, 0.25) is 0 Å². The molecule has 7 heteroatoms. The van der Waals surface area contributed by atoms with E-state index in [1.807, 2.05) is 0 Å². The van der Waals surface area contributed by atoms with E-state index in [1.165, 1.54) is 38.3 Å². The van der Waals surface area contributed by atoms with Gasteiger partial charge in [-0.25, -0.2) is 0 Å². The molecule has 3 nitrogen and oxygen atoms in total. The lowest BCUT2D eigenvalue weighted by Crippen LogP contribution is -2.20. The van der Waals surface area contributed by atoms with E-state index in [2.05, 4.69) is 11.9 Å². The highest BCUT2D eigenvalue weighted by atomic mass is 32.2. The van der Waals surface area contributed by atoms with Crippen molar-refractivity contribution >= 4 is 17.5 Å². The highest BCUT2D eigenvalue weighted by Gasteiger charge is 2.31. The standard InChI is InChI=1S/C17H24F3N3S/c1-2-3-4-5-6-7-10-24-13-8-9-23-15(11-13)14(21)12-16(22)17(18,19)20/h8-9,11-12,21H,2-7,10,22H2,1H3. The van der Waals surface area contributed by atoms with Crippen LogP contribution in [0.2, 0.25) is 0 Å². The normalized spacial score (nSPS) is 12.4. The van der Waals surface area contributed by atoms with Crippen LogP contribution >= 0.6 is 11.8 Å². The fourth-order valence-corrected chi connectivity index (χ4v) is 2.97. The Morgan fingerprint density at radius 3 is 2.58 bits per heavy atom. The van der Waals surface area contributed by atoms with Gasteiger partial charge in [0, 0.05) is 11.1 Å². The molecule has 0 aliphatic heterocycles. The van der Waals surface area contributed by atoms with Crippen molar-refractivity contribution in [2.24, 2.45) is 5.73 Å². The van der Waals surface area contributed by atoms with Crippen LogP contribution in [-0.4, -0.2) is 22.6 Å². The molecule has 0 radical (unpaired) electrons. The molecule has 0 amide bonds. The predicted octanol–water partition coefficient (Wildman–Crippen LogP) is 5.31. The molecule has 0 unspecified atom stereocenters. The fraction of sp³-hybridized carbons (Fsp3) is 0.529. The van der Waals surface area contributed by atoms with Gasteiger partial charge in [0.25, 0.3) is 0 Å². The topological polar surface area (TPSA) is 62.8 Å². The summed E-state index contributed by atoms with van der Waals surface area (Å²) in [6, 6.07) is 3.43. The first kappa shape index (κ1) is 20.5. The Morgan fingerprint density at radius 1 is 1.25 bits per heavy atom. The number of hydrogen-bond acceptors (Lipinski definition) is 4. The summed E-state index contributed by atoms with van der Waals surface area (Å²) in [6.07, 6.45) is 4.78. The number of unbranched alkanes of at least 4 members (excludes halogenated alkanes) is 5. The summed E-state index contributed by atoms with van der Waals surface area (Å²) < 4.78 is 37.2. The third kappa shape index (κ3) is 7.86. The third-order valence-corrected chi connectivity index (χ3v) is 4.48. The van der Waals surface area contributed by atoms with Crippen molar-refractivity contribution in [3.05, 3.63) is 35.8 Å². The maximum Gasteiger partial charge on any atom is 0.430 e. The maximum absolute atomic E-state index is 12.4. The smallest absolute Gasteiger partial charge is 0.395 e. The second-order valence-electron chi connectivity index (χ2n) is 5.50. The Morgan fingerprint density at radius 2 is 1.92 bits per heavy atom. The molecule has 0 aliphatic carbocycles. The number of nitrogens with zero attached hydrogens (tertiary/aromatic N) is 1. The first-order chi connectivity index (χ1) is 11.3. The monoisotopic (exact) mass is 359 g/mol. The van der Waals surface area contributed by atoms with E-state index in [9.17, 15) is 13.2 Å². The number of allylic oxidation sites excluding steroid dienone is 2. The number of nitrogens with two attached hydrogens (primary N) is 1. The van der Waals surface area contributed by atoms with Crippen LogP contribution in [0.15, 0.2) is 35.0 Å². The summed E-state index contributed by atoms with van der Waals surface area (Å²) in [6.45, 7) is 2.19. The molecule has 1 heterocycles. The average molecular weight is 359 g/mol. The minimum atomic E-state index is -4.63. The Labute approximate surface area is 145 Å². The van der Waals surface area contributed by atoms with Crippen molar-refractivity contribution in [3.8, 4) is 0 Å². The van der Waals surface area contributed by atoms with Crippen LogP contribution in [-0.2, 0) is 0 Å². The van der Waals surface area contributed by atoms with Crippen molar-refractivity contribution in [1.29, 1.82) is 5.41 Å². The van der Waals surface area contributed by atoms with Gasteiger partial charge in [0.1, 0.15) is 5.70 Å². The average Bonchev–Trinajstić information content (AvgIpc) is 2.53. The molecule has 0 aromatic carbocycles. The van der Waals surface area contributed by atoms with Crippen LogP contribution in [0.25, 0.3) is 0 Å². The summed E-state index contributed by atoms with van der Waals surface area (Å²) in [4.78, 5) is 4.85. The van der Waals surface area contributed by atoms with E-state index in [1.54, 1.807) is 23.9 Å². The molecule has 0 saturated carbocycles.